The predicted octanol–water partition coefficient (Wildman–Crippen LogP) is 2.96. The number of carbonyl (C=O) groups excluding carboxylic acids is 1. The van der Waals surface area contributed by atoms with Crippen LogP contribution in [0.3, 0.4) is 0 Å². The molecule has 0 unspecified atom stereocenters. The van der Waals surface area contributed by atoms with E-state index in [0.717, 1.165) is 0 Å². The van der Waals surface area contributed by atoms with E-state index in [2.05, 4.69) is 0 Å². The van der Waals surface area contributed by atoms with Crippen molar-refractivity contribution in [2.75, 3.05) is 0 Å². The fourth-order valence-electron chi connectivity index (χ4n) is 2.89. The second kappa shape index (κ2) is 6.19. The molecule has 1 aliphatic rings. The molecule has 6 heteroatoms. The van der Waals surface area contributed by atoms with Crippen LogP contribution in [0.25, 0.3) is 11.0 Å². The molecular weight excluding hydrogens is 324 g/mol. The molecule has 1 aliphatic heterocycles. The first-order valence-electron chi connectivity index (χ1n) is 8.39. The van der Waals surface area contributed by atoms with Gasteiger partial charge in [0, 0.05) is 11.5 Å². The Morgan fingerprint density at radius 2 is 2.00 bits per heavy atom. The number of aliphatic hydroxyl groups excluding tert-OH is 1. The zero-order chi connectivity index (χ0) is 18.4. The van der Waals surface area contributed by atoms with Gasteiger partial charge in [0.2, 0.25) is 0 Å². The quantitative estimate of drug-likeness (QED) is 0.679. The van der Waals surface area contributed by atoms with Crippen LogP contribution in [0.15, 0.2) is 33.5 Å². The number of benzene rings is 1. The minimum absolute atomic E-state index is 0.265. The van der Waals surface area contributed by atoms with Crippen molar-refractivity contribution in [3.63, 3.8) is 0 Å². The number of aliphatic hydroxyl groups is 1. The molecule has 0 fully saturated rings. The Balaban J connectivity index is 2.18. The molecule has 0 aliphatic carbocycles. The minimum Gasteiger partial charge on any atom is -0.484 e. The first kappa shape index (κ1) is 17.5. The third-order valence-corrected chi connectivity index (χ3v) is 4.70. The number of carbonyl (C=O) groups is 1. The van der Waals surface area contributed by atoms with Crippen molar-refractivity contribution in [3.05, 3.63) is 40.2 Å². The summed E-state index contributed by atoms with van der Waals surface area (Å²) in [6.07, 6.45) is -1.46. The van der Waals surface area contributed by atoms with E-state index in [1.807, 2.05) is 6.92 Å². The van der Waals surface area contributed by atoms with Gasteiger partial charge in [0.15, 0.2) is 6.10 Å². The topological polar surface area (TPSA) is 86.0 Å². The molecule has 6 nitrogen and oxygen atoms in total. The molecule has 1 N–H and O–H groups in total. The van der Waals surface area contributed by atoms with Crippen LogP contribution in [-0.4, -0.2) is 22.8 Å². The molecule has 3 rings (SSSR count). The van der Waals surface area contributed by atoms with Crippen LogP contribution >= 0.6 is 0 Å². The minimum atomic E-state index is -1.11. The molecule has 1 aromatic heterocycles. The van der Waals surface area contributed by atoms with Gasteiger partial charge in [-0.05, 0) is 38.5 Å². The lowest BCUT2D eigenvalue weighted by molar-refractivity contribution is -0.174. The molecule has 25 heavy (non-hydrogen) atoms. The highest BCUT2D eigenvalue weighted by molar-refractivity contribution is 5.83. The molecule has 2 heterocycles. The molecule has 1 aromatic carbocycles. The summed E-state index contributed by atoms with van der Waals surface area (Å²) in [6, 6.07) is 6.44. The summed E-state index contributed by atoms with van der Waals surface area (Å²) in [5.41, 5.74) is -0.830. The summed E-state index contributed by atoms with van der Waals surface area (Å²) in [7, 11) is 0. The van der Waals surface area contributed by atoms with E-state index < -0.39 is 29.4 Å². The molecule has 0 saturated heterocycles. The van der Waals surface area contributed by atoms with E-state index in [-0.39, 0.29) is 11.5 Å². The van der Waals surface area contributed by atoms with E-state index in [1.54, 1.807) is 39.0 Å². The van der Waals surface area contributed by atoms with Gasteiger partial charge >= 0.3 is 11.6 Å². The third-order valence-electron chi connectivity index (χ3n) is 4.70. The molecule has 2 aromatic rings. The average Bonchev–Trinajstić information content (AvgIpc) is 2.57. The Kier molecular flexibility index (Phi) is 4.33. The maximum atomic E-state index is 12.3. The van der Waals surface area contributed by atoms with E-state index in [9.17, 15) is 14.7 Å². The van der Waals surface area contributed by atoms with E-state index in [4.69, 9.17) is 13.9 Å². The number of hydrogen-bond acceptors (Lipinski definition) is 6. The summed E-state index contributed by atoms with van der Waals surface area (Å²) < 4.78 is 16.8. The second-order valence-corrected chi connectivity index (χ2v) is 6.97. The smallest absolute Gasteiger partial charge is 0.336 e. The monoisotopic (exact) mass is 346 g/mol. The highest BCUT2D eigenvalue weighted by atomic mass is 16.6. The van der Waals surface area contributed by atoms with Crippen LogP contribution in [-0.2, 0) is 9.53 Å². The average molecular weight is 346 g/mol. The summed E-state index contributed by atoms with van der Waals surface area (Å²) in [6.45, 7) is 7.09. The van der Waals surface area contributed by atoms with Crippen molar-refractivity contribution in [2.24, 2.45) is 5.92 Å². The maximum absolute atomic E-state index is 12.3. The fraction of sp³-hybridized carbons (Fsp3) is 0.474. The van der Waals surface area contributed by atoms with Crippen LogP contribution in [0.4, 0.5) is 0 Å². The molecule has 0 amide bonds. The Labute approximate surface area is 145 Å². The molecular formula is C19H22O6. The second-order valence-electron chi connectivity index (χ2n) is 6.97. The Morgan fingerprint density at radius 3 is 2.68 bits per heavy atom. The lowest BCUT2D eigenvalue weighted by Crippen LogP contribution is -2.50. The summed E-state index contributed by atoms with van der Waals surface area (Å²) >= 11 is 0. The summed E-state index contributed by atoms with van der Waals surface area (Å²) in [4.78, 5) is 24.0. The van der Waals surface area contributed by atoms with Crippen LogP contribution in [0.2, 0.25) is 0 Å². The number of rotatable bonds is 3. The van der Waals surface area contributed by atoms with Crippen LogP contribution < -0.4 is 10.4 Å². The van der Waals surface area contributed by atoms with E-state index in [0.29, 0.717) is 23.1 Å². The number of esters is 1. The first-order valence-corrected chi connectivity index (χ1v) is 8.39. The fourth-order valence-corrected chi connectivity index (χ4v) is 2.89. The predicted molar refractivity (Wildman–Crippen MR) is 91.5 cm³/mol. The van der Waals surface area contributed by atoms with Crippen molar-refractivity contribution < 1.29 is 23.8 Å². The Morgan fingerprint density at radius 1 is 1.32 bits per heavy atom. The van der Waals surface area contributed by atoms with E-state index in [1.165, 1.54) is 6.07 Å². The maximum Gasteiger partial charge on any atom is 0.336 e. The standard InChI is InChI=1S/C19H22O6/c1-5-10(2)18(22)24-16-14-12(25-19(3,4)17(16)21)8-6-11-7-9-13(20)23-15(11)14/h6-10,16-17,21H,5H2,1-4H3/t10-,16-,17-/m1/s1. The van der Waals surface area contributed by atoms with Gasteiger partial charge in [-0.25, -0.2) is 4.79 Å². The molecule has 0 bridgehead atoms. The highest BCUT2D eigenvalue weighted by Gasteiger charge is 2.46. The van der Waals surface area contributed by atoms with Crippen molar-refractivity contribution in [2.45, 2.75) is 51.9 Å². The lowest BCUT2D eigenvalue weighted by atomic mass is 9.87. The Hall–Kier alpha value is -2.34. The number of fused-ring (bicyclic) bond motifs is 3. The first-order chi connectivity index (χ1) is 11.7. The number of ether oxygens (including phenoxy) is 2. The third kappa shape index (κ3) is 3.02. The van der Waals surface area contributed by atoms with Crippen LogP contribution in [0, 0.1) is 5.92 Å². The molecule has 0 radical (unpaired) electrons. The Bertz CT molecular complexity index is 866. The molecule has 0 spiro atoms. The van der Waals surface area contributed by atoms with Gasteiger partial charge < -0.3 is 19.0 Å². The lowest BCUT2D eigenvalue weighted by Gasteiger charge is -2.41. The normalized spacial score (nSPS) is 22.8. The van der Waals surface area contributed by atoms with Gasteiger partial charge in [0.1, 0.15) is 23.0 Å². The molecule has 0 saturated carbocycles. The molecule has 3 atom stereocenters. The zero-order valence-corrected chi connectivity index (χ0v) is 14.7. The van der Waals surface area contributed by atoms with Crippen molar-refractivity contribution in [3.8, 4) is 5.75 Å². The van der Waals surface area contributed by atoms with Gasteiger partial charge in [-0.15, -0.1) is 0 Å². The van der Waals surface area contributed by atoms with Gasteiger partial charge in [0.25, 0.3) is 0 Å². The number of hydrogen-bond donors (Lipinski definition) is 1. The van der Waals surface area contributed by atoms with Gasteiger partial charge in [-0.2, -0.15) is 0 Å². The van der Waals surface area contributed by atoms with Crippen molar-refractivity contribution in [1.29, 1.82) is 0 Å². The van der Waals surface area contributed by atoms with Gasteiger partial charge in [-0.3, -0.25) is 4.79 Å². The van der Waals surface area contributed by atoms with Gasteiger partial charge in [0.05, 0.1) is 11.5 Å². The van der Waals surface area contributed by atoms with Crippen molar-refractivity contribution >= 4 is 16.9 Å². The highest BCUT2D eigenvalue weighted by Crippen LogP contribution is 2.45. The zero-order valence-electron chi connectivity index (χ0n) is 14.7. The van der Waals surface area contributed by atoms with Gasteiger partial charge in [-0.1, -0.05) is 13.8 Å². The molecule has 134 valence electrons. The largest absolute Gasteiger partial charge is 0.484 e. The summed E-state index contributed by atoms with van der Waals surface area (Å²) in [5, 5.41) is 11.4. The summed E-state index contributed by atoms with van der Waals surface area (Å²) in [5.74, 6) is -0.284. The van der Waals surface area contributed by atoms with E-state index >= 15 is 0 Å². The van der Waals surface area contributed by atoms with Crippen LogP contribution in [0.1, 0.15) is 45.8 Å². The SMILES string of the molecule is CC[C@@H](C)C(=O)O[C@@H]1c2c(ccc3ccc(=O)oc23)OC(C)(C)[C@@H]1O. The van der Waals surface area contributed by atoms with Crippen LogP contribution in [0.5, 0.6) is 5.75 Å². The van der Waals surface area contributed by atoms with Crippen molar-refractivity contribution in [1.82, 2.24) is 0 Å².